The molecule has 0 amide bonds. The van der Waals surface area contributed by atoms with Crippen LogP contribution in [0.5, 0.6) is 5.75 Å². The zero-order valence-electron chi connectivity index (χ0n) is 12.5. The molecule has 4 rings (SSSR count). The third-order valence-electron chi connectivity index (χ3n) is 3.53. The van der Waals surface area contributed by atoms with Gasteiger partial charge in [-0.3, -0.25) is 0 Å². The van der Waals surface area contributed by atoms with E-state index in [1.807, 2.05) is 18.3 Å². The highest BCUT2D eigenvalue weighted by molar-refractivity contribution is 5.97. The zero-order valence-corrected chi connectivity index (χ0v) is 12.5. The molecule has 3 N–H and O–H groups in total. The third-order valence-corrected chi connectivity index (χ3v) is 3.53. The van der Waals surface area contributed by atoms with E-state index in [0.29, 0.717) is 23.7 Å². The van der Waals surface area contributed by atoms with Gasteiger partial charge in [-0.05, 0) is 18.2 Å². The summed E-state index contributed by atoms with van der Waals surface area (Å²) in [5.41, 5.74) is 8.90. The number of hydrogen-bond acceptors (Lipinski definition) is 7. The molecule has 0 aliphatic rings. The molecule has 0 bridgehead atoms. The molecule has 4 aromatic rings. The van der Waals surface area contributed by atoms with E-state index in [1.54, 1.807) is 30.9 Å². The van der Waals surface area contributed by atoms with Gasteiger partial charge in [-0.25, -0.2) is 15.0 Å². The fraction of sp³-hybridized carbons (Fsp3) is 0.0625. The summed E-state index contributed by atoms with van der Waals surface area (Å²) in [6, 6.07) is 5.47. The average Bonchev–Trinajstić information content (AvgIpc) is 3.05. The highest BCUT2D eigenvalue weighted by atomic mass is 16.5. The molecule has 0 fully saturated rings. The summed E-state index contributed by atoms with van der Waals surface area (Å²) in [5, 5.41) is 8.45. The van der Waals surface area contributed by atoms with Crippen LogP contribution in [0.25, 0.3) is 22.3 Å². The summed E-state index contributed by atoms with van der Waals surface area (Å²) >= 11 is 0. The monoisotopic (exact) mass is 319 g/mol. The van der Waals surface area contributed by atoms with Crippen LogP contribution in [0.3, 0.4) is 0 Å². The van der Waals surface area contributed by atoms with E-state index >= 15 is 0 Å². The maximum absolute atomic E-state index is 5.95. The molecular weight excluding hydrogens is 306 g/mol. The molecule has 0 aromatic carbocycles. The molecule has 0 radical (unpaired) electrons. The molecule has 8 heteroatoms. The molecule has 0 aliphatic carbocycles. The van der Waals surface area contributed by atoms with Gasteiger partial charge in [-0.15, -0.1) is 0 Å². The van der Waals surface area contributed by atoms with Gasteiger partial charge in [0, 0.05) is 35.9 Å². The van der Waals surface area contributed by atoms with Gasteiger partial charge in [-0.1, -0.05) is 0 Å². The van der Waals surface area contributed by atoms with Crippen LogP contribution in [-0.2, 0) is 6.61 Å². The van der Waals surface area contributed by atoms with E-state index in [2.05, 4.69) is 30.1 Å². The summed E-state index contributed by atoms with van der Waals surface area (Å²) in [4.78, 5) is 15.7. The van der Waals surface area contributed by atoms with E-state index in [1.165, 1.54) is 0 Å². The average molecular weight is 319 g/mol. The number of nitrogens with one attached hydrogen (secondary N) is 1. The predicted molar refractivity (Wildman–Crippen MR) is 87.9 cm³/mol. The molecule has 4 aromatic heterocycles. The minimum Gasteiger partial charge on any atom is -0.488 e. The number of H-pyrrole nitrogens is 1. The molecule has 0 unspecified atom stereocenters. The first-order chi connectivity index (χ1) is 11.8. The fourth-order valence-electron chi connectivity index (χ4n) is 2.44. The first-order valence-corrected chi connectivity index (χ1v) is 7.24. The van der Waals surface area contributed by atoms with Crippen molar-refractivity contribution in [1.82, 2.24) is 30.1 Å². The largest absolute Gasteiger partial charge is 0.488 e. The molecule has 8 nitrogen and oxygen atoms in total. The lowest BCUT2D eigenvalue weighted by Gasteiger charge is -2.08. The van der Waals surface area contributed by atoms with Gasteiger partial charge in [0.1, 0.15) is 18.0 Å². The SMILES string of the molecule is Nc1nccc(-c2c[nH]c3nccc(OCc4ccnnc4)c23)n1. The molecule has 0 aliphatic heterocycles. The Bertz CT molecular complexity index is 984. The van der Waals surface area contributed by atoms with Crippen LogP contribution in [0.4, 0.5) is 5.95 Å². The van der Waals surface area contributed by atoms with Crippen molar-refractivity contribution < 1.29 is 4.74 Å². The lowest BCUT2D eigenvalue weighted by molar-refractivity contribution is 0.309. The number of hydrogen-bond donors (Lipinski definition) is 2. The van der Waals surface area contributed by atoms with Crippen LogP contribution in [0.15, 0.2) is 49.2 Å². The molecule has 0 spiro atoms. The van der Waals surface area contributed by atoms with E-state index in [4.69, 9.17) is 10.5 Å². The summed E-state index contributed by atoms with van der Waals surface area (Å²) in [5.74, 6) is 0.918. The minimum atomic E-state index is 0.219. The summed E-state index contributed by atoms with van der Waals surface area (Å²) in [6.45, 7) is 0.380. The smallest absolute Gasteiger partial charge is 0.220 e. The van der Waals surface area contributed by atoms with Gasteiger partial charge < -0.3 is 15.5 Å². The van der Waals surface area contributed by atoms with Crippen molar-refractivity contribution in [3.05, 3.63) is 54.7 Å². The van der Waals surface area contributed by atoms with Crippen molar-refractivity contribution in [2.24, 2.45) is 0 Å². The zero-order chi connectivity index (χ0) is 16.4. The van der Waals surface area contributed by atoms with E-state index in [0.717, 1.165) is 16.5 Å². The summed E-state index contributed by atoms with van der Waals surface area (Å²) in [6.07, 6.45) is 8.45. The first kappa shape index (κ1) is 14.1. The van der Waals surface area contributed by atoms with Crippen molar-refractivity contribution in [3.63, 3.8) is 0 Å². The number of pyridine rings is 1. The number of aromatic nitrogens is 6. The van der Waals surface area contributed by atoms with Crippen molar-refractivity contribution in [1.29, 1.82) is 0 Å². The molecule has 0 atom stereocenters. The number of aromatic amines is 1. The molecule has 0 saturated carbocycles. The lowest BCUT2D eigenvalue weighted by atomic mass is 10.1. The van der Waals surface area contributed by atoms with Crippen LogP contribution in [0.2, 0.25) is 0 Å². The first-order valence-electron chi connectivity index (χ1n) is 7.24. The Balaban J connectivity index is 1.74. The minimum absolute atomic E-state index is 0.219. The van der Waals surface area contributed by atoms with Gasteiger partial charge in [-0.2, -0.15) is 10.2 Å². The van der Waals surface area contributed by atoms with Crippen LogP contribution < -0.4 is 10.5 Å². The number of anilines is 1. The van der Waals surface area contributed by atoms with E-state index < -0.39 is 0 Å². The number of nitrogen functional groups attached to an aromatic ring is 1. The second kappa shape index (κ2) is 5.92. The Labute approximate surface area is 136 Å². The number of nitrogens with two attached hydrogens (primary N) is 1. The van der Waals surface area contributed by atoms with Crippen molar-refractivity contribution in [2.75, 3.05) is 5.73 Å². The fourth-order valence-corrected chi connectivity index (χ4v) is 2.44. The Kier molecular flexibility index (Phi) is 3.47. The van der Waals surface area contributed by atoms with Gasteiger partial charge in [0.25, 0.3) is 0 Å². The topological polar surface area (TPSA) is 115 Å². The third kappa shape index (κ3) is 2.60. The van der Waals surface area contributed by atoms with Crippen molar-refractivity contribution >= 4 is 17.0 Å². The standard InChI is InChI=1S/C16H13N7O/c17-16-19-4-2-12(23-16)11-8-20-15-14(11)13(3-5-18-15)24-9-10-1-6-21-22-7-10/h1-8H,9H2,(H,18,20)(H2,17,19,23). The summed E-state index contributed by atoms with van der Waals surface area (Å²) < 4.78 is 5.95. The van der Waals surface area contributed by atoms with Crippen LogP contribution in [0, 0.1) is 0 Å². The van der Waals surface area contributed by atoms with Gasteiger partial charge in [0.15, 0.2) is 0 Å². The molecular formula is C16H13N7O. The highest BCUT2D eigenvalue weighted by Crippen LogP contribution is 2.33. The van der Waals surface area contributed by atoms with Crippen molar-refractivity contribution in [2.45, 2.75) is 6.61 Å². The Morgan fingerprint density at radius 2 is 1.96 bits per heavy atom. The van der Waals surface area contributed by atoms with Crippen LogP contribution >= 0.6 is 0 Å². The van der Waals surface area contributed by atoms with E-state index in [-0.39, 0.29) is 5.95 Å². The van der Waals surface area contributed by atoms with Gasteiger partial charge in [0.05, 0.1) is 17.3 Å². The lowest BCUT2D eigenvalue weighted by Crippen LogP contribution is -1.98. The quantitative estimate of drug-likeness (QED) is 0.590. The Morgan fingerprint density at radius 3 is 2.79 bits per heavy atom. The number of fused-ring (bicyclic) bond motifs is 1. The van der Waals surface area contributed by atoms with Crippen LogP contribution in [-0.4, -0.2) is 30.1 Å². The normalized spacial score (nSPS) is 10.8. The number of nitrogens with zero attached hydrogens (tertiary/aromatic N) is 5. The van der Waals surface area contributed by atoms with Crippen LogP contribution in [0.1, 0.15) is 5.56 Å². The molecule has 118 valence electrons. The maximum Gasteiger partial charge on any atom is 0.220 e. The molecule has 24 heavy (non-hydrogen) atoms. The number of ether oxygens (including phenoxy) is 1. The van der Waals surface area contributed by atoms with Crippen molar-refractivity contribution in [3.8, 4) is 17.0 Å². The Hall–Kier alpha value is -3.55. The molecule has 0 saturated heterocycles. The summed E-state index contributed by atoms with van der Waals surface area (Å²) in [7, 11) is 0. The second-order valence-electron chi connectivity index (χ2n) is 5.07. The van der Waals surface area contributed by atoms with E-state index in [9.17, 15) is 0 Å². The second-order valence-corrected chi connectivity index (χ2v) is 5.07. The number of rotatable bonds is 4. The van der Waals surface area contributed by atoms with Gasteiger partial charge in [0.2, 0.25) is 5.95 Å². The predicted octanol–water partition coefficient (Wildman–Crippen LogP) is 1.97. The Morgan fingerprint density at radius 1 is 1.04 bits per heavy atom. The van der Waals surface area contributed by atoms with Gasteiger partial charge >= 0.3 is 0 Å². The molecule has 4 heterocycles. The maximum atomic E-state index is 5.95. The highest BCUT2D eigenvalue weighted by Gasteiger charge is 2.14.